The molecule has 2 N–H and O–H groups in total. The van der Waals surface area contributed by atoms with Gasteiger partial charge in [-0.15, -0.1) is 0 Å². The Labute approximate surface area is 184 Å². The highest BCUT2D eigenvalue weighted by atomic mass is 19.3. The maximum atomic E-state index is 13.7. The van der Waals surface area contributed by atoms with E-state index < -0.39 is 24.5 Å². The quantitative estimate of drug-likeness (QED) is 0.571. The topological polar surface area (TPSA) is 106 Å². The molecule has 0 radical (unpaired) electrons. The maximum Gasteiger partial charge on any atom is 0.302 e. The molecule has 0 saturated heterocycles. The molecule has 1 unspecified atom stereocenters. The van der Waals surface area contributed by atoms with Gasteiger partial charge in [-0.1, -0.05) is 6.58 Å². The van der Waals surface area contributed by atoms with E-state index in [9.17, 15) is 18.4 Å². The smallest absolute Gasteiger partial charge is 0.302 e. The first-order valence-electron chi connectivity index (χ1n) is 10.1. The Morgan fingerprint density at radius 3 is 2.69 bits per heavy atom. The third kappa shape index (κ3) is 5.83. The number of carbonyl (C=O) groups is 2. The number of alkyl halides is 2. The minimum atomic E-state index is -3.15. The second kappa shape index (κ2) is 9.37. The predicted molar refractivity (Wildman–Crippen MR) is 113 cm³/mol. The summed E-state index contributed by atoms with van der Waals surface area (Å²) in [4.78, 5) is 36.6. The Balaban J connectivity index is 1.62. The molecular weight excluding hydrogens is 420 g/mol. The van der Waals surface area contributed by atoms with Crippen molar-refractivity contribution in [3.8, 4) is 5.88 Å². The number of nitrogens with one attached hydrogen (secondary N) is 2. The molecule has 2 aromatic heterocycles. The number of hydrogen-bond acceptors (Lipinski definition) is 6. The summed E-state index contributed by atoms with van der Waals surface area (Å²) < 4.78 is 32.5. The van der Waals surface area contributed by atoms with E-state index in [4.69, 9.17) is 4.74 Å². The first-order chi connectivity index (χ1) is 15.1. The van der Waals surface area contributed by atoms with Crippen LogP contribution in [0.4, 0.5) is 14.7 Å². The van der Waals surface area contributed by atoms with E-state index in [1.54, 1.807) is 19.9 Å². The Hall–Kier alpha value is -3.43. The highest BCUT2D eigenvalue weighted by Crippen LogP contribution is 2.29. The lowest BCUT2D eigenvalue weighted by molar-refractivity contribution is -0.117. The van der Waals surface area contributed by atoms with Crippen molar-refractivity contribution < 1.29 is 23.1 Å². The van der Waals surface area contributed by atoms with Gasteiger partial charge < -0.3 is 10.1 Å². The van der Waals surface area contributed by atoms with Crippen LogP contribution in [0.3, 0.4) is 0 Å². The fourth-order valence-electron chi connectivity index (χ4n) is 2.71. The summed E-state index contributed by atoms with van der Waals surface area (Å²) in [5.74, 6) is -3.61. The van der Waals surface area contributed by atoms with E-state index in [1.165, 1.54) is 25.4 Å². The summed E-state index contributed by atoms with van der Waals surface area (Å²) in [5.41, 5.74) is 1.02. The normalized spacial score (nSPS) is 14.4. The lowest BCUT2D eigenvalue weighted by atomic mass is 10.1. The zero-order valence-corrected chi connectivity index (χ0v) is 18.1. The van der Waals surface area contributed by atoms with Gasteiger partial charge in [0.05, 0.1) is 6.04 Å². The number of nitrogens with zero attached hydrogens (tertiary/aromatic N) is 3. The second-order valence-electron chi connectivity index (χ2n) is 7.89. The SMILES string of the molecule is C=C(C)C(F)(F)COc1ncc(C(C)NC(=O)c2ccnc(NC(=O)C3CC3)n2)cc1C. The van der Waals surface area contributed by atoms with Crippen molar-refractivity contribution in [3.63, 3.8) is 0 Å². The fraction of sp³-hybridized carbons (Fsp3) is 0.409. The van der Waals surface area contributed by atoms with E-state index in [2.05, 4.69) is 32.2 Å². The van der Waals surface area contributed by atoms with Crippen molar-refractivity contribution in [2.24, 2.45) is 5.92 Å². The van der Waals surface area contributed by atoms with Crippen LogP contribution in [-0.2, 0) is 4.79 Å². The third-order valence-corrected chi connectivity index (χ3v) is 4.98. The summed E-state index contributed by atoms with van der Waals surface area (Å²) in [5, 5.41) is 5.40. The number of aromatic nitrogens is 3. The van der Waals surface area contributed by atoms with Gasteiger partial charge in [-0.25, -0.2) is 15.0 Å². The predicted octanol–water partition coefficient (Wildman–Crippen LogP) is 3.61. The minimum absolute atomic E-state index is 0.00850. The summed E-state index contributed by atoms with van der Waals surface area (Å²) in [6.07, 6.45) is 4.54. The molecule has 0 aliphatic heterocycles. The molecule has 2 aromatic rings. The molecule has 1 aliphatic rings. The van der Waals surface area contributed by atoms with Crippen molar-refractivity contribution in [2.45, 2.75) is 45.6 Å². The molecule has 0 spiro atoms. The maximum absolute atomic E-state index is 13.7. The number of halogens is 2. The van der Waals surface area contributed by atoms with Gasteiger partial charge in [0.2, 0.25) is 17.7 Å². The van der Waals surface area contributed by atoms with Gasteiger partial charge in [0.15, 0.2) is 6.61 Å². The van der Waals surface area contributed by atoms with Gasteiger partial charge >= 0.3 is 5.92 Å². The molecule has 170 valence electrons. The van der Waals surface area contributed by atoms with Crippen LogP contribution in [0.1, 0.15) is 54.3 Å². The summed E-state index contributed by atoms with van der Waals surface area (Å²) >= 11 is 0. The van der Waals surface area contributed by atoms with Gasteiger partial charge in [-0.05, 0) is 56.9 Å². The number of rotatable bonds is 9. The van der Waals surface area contributed by atoms with E-state index in [0.717, 1.165) is 12.8 Å². The number of amides is 2. The van der Waals surface area contributed by atoms with Crippen LogP contribution in [0.5, 0.6) is 5.88 Å². The minimum Gasteiger partial charge on any atom is -0.471 e. The molecule has 1 aliphatic carbocycles. The molecule has 1 fully saturated rings. The van der Waals surface area contributed by atoms with Crippen molar-refractivity contribution in [1.82, 2.24) is 20.3 Å². The Morgan fingerprint density at radius 2 is 2.06 bits per heavy atom. The molecule has 3 rings (SSSR count). The molecule has 2 heterocycles. The van der Waals surface area contributed by atoms with Crippen molar-refractivity contribution in [1.29, 1.82) is 0 Å². The van der Waals surface area contributed by atoms with E-state index in [0.29, 0.717) is 11.1 Å². The summed E-state index contributed by atoms with van der Waals surface area (Å²) in [6, 6.07) is 2.70. The van der Waals surface area contributed by atoms with Crippen LogP contribution < -0.4 is 15.4 Å². The number of hydrogen-bond donors (Lipinski definition) is 2. The first-order valence-corrected chi connectivity index (χ1v) is 10.1. The molecule has 32 heavy (non-hydrogen) atoms. The van der Waals surface area contributed by atoms with Crippen LogP contribution in [0.2, 0.25) is 0 Å². The van der Waals surface area contributed by atoms with Gasteiger partial charge in [0, 0.05) is 23.9 Å². The van der Waals surface area contributed by atoms with Gasteiger partial charge in [-0.3, -0.25) is 14.9 Å². The van der Waals surface area contributed by atoms with Gasteiger partial charge in [0.1, 0.15) is 5.69 Å². The lowest BCUT2D eigenvalue weighted by Crippen LogP contribution is -2.28. The van der Waals surface area contributed by atoms with Crippen molar-refractivity contribution in [2.75, 3.05) is 11.9 Å². The fourth-order valence-corrected chi connectivity index (χ4v) is 2.71. The van der Waals surface area contributed by atoms with Gasteiger partial charge in [-0.2, -0.15) is 8.78 Å². The second-order valence-corrected chi connectivity index (χ2v) is 7.89. The Bertz CT molecular complexity index is 1040. The molecule has 10 heteroatoms. The largest absolute Gasteiger partial charge is 0.471 e. The average Bonchev–Trinajstić information content (AvgIpc) is 3.58. The van der Waals surface area contributed by atoms with Crippen molar-refractivity contribution >= 4 is 17.8 Å². The Kier molecular flexibility index (Phi) is 6.81. The van der Waals surface area contributed by atoms with E-state index >= 15 is 0 Å². The molecule has 0 bridgehead atoms. The molecule has 0 aromatic carbocycles. The van der Waals surface area contributed by atoms with Gasteiger partial charge in [0.25, 0.3) is 5.91 Å². The number of pyridine rings is 1. The first kappa shape index (κ1) is 23.2. The number of ether oxygens (including phenoxy) is 1. The summed E-state index contributed by atoms with van der Waals surface area (Å²) in [7, 11) is 0. The van der Waals surface area contributed by atoms with Crippen molar-refractivity contribution in [3.05, 3.63) is 53.5 Å². The molecule has 2 amide bonds. The van der Waals surface area contributed by atoms with Crippen LogP contribution in [0, 0.1) is 12.8 Å². The standard InChI is InChI=1S/C22H25F2N5O3/c1-12(2)22(23,24)11-32-20-13(3)9-16(10-26-20)14(4)27-19(31)17-7-8-25-21(28-17)29-18(30)15-5-6-15/h7-10,14-15H,1,5-6,11H2,2-4H3,(H,27,31)(H,25,28,29,30). The third-order valence-electron chi connectivity index (χ3n) is 4.98. The zero-order chi connectivity index (χ0) is 23.5. The number of anilines is 1. The lowest BCUT2D eigenvalue weighted by Gasteiger charge is -2.19. The van der Waals surface area contributed by atoms with E-state index in [-0.39, 0.29) is 34.9 Å². The van der Waals surface area contributed by atoms with E-state index in [1.807, 2.05) is 0 Å². The zero-order valence-electron chi connectivity index (χ0n) is 18.1. The summed E-state index contributed by atoms with van der Waals surface area (Å²) in [6.45, 7) is 7.07. The molecule has 8 nitrogen and oxygen atoms in total. The average molecular weight is 445 g/mol. The molecular formula is C22H25F2N5O3. The molecule has 1 atom stereocenters. The number of aryl methyl sites for hydroxylation is 1. The molecule has 1 saturated carbocycles. The van der Waals surface area contributed by atoms with Crippen LogP contribution in [-0.4, -0.2) is 39.3 Å². The highest BCUT2D eigenvalue weighted by molar-refractivity contribution is 5.95. The van der Waals surface area contributed by atoms with Crippen LogP contribution in [0.15, 0.2) is 36.7 Å². The monoisotopic (exact) mass is 445 g/mol. The van der Waals surface area contributed by atoms with Crippen LogP contribution in [0.25, 0.3) is 0 Å². The van der Waals surface area contributed by atoms with Crippen LogP contribution >= 0.6 is 0 Å². The Morgan fingerprint density at radius 1 is 1.34 bits per heavy atom. The number of carbonyl (C=O) groups excluding carboxylic acids is 2. The highest BCUT2D eigenvalue weighted by Gasteiger charge is 2.32.